The maximum Gasteiger partial charge on any atom is 0.256 e. The Kier molecular flexibility index (Phi) is 6.52. The molecular formula is C26H25FN4O. The molecule has 0 aliphatic heterocycles. The molecule has 0 aliphatic carbocycles. The van der Waals surface area contributed by atoms with Crippen LogP contribution in [-0.2, 0) is 0 Å². The number of halogens is 1. The van der Waals surface area contributed by atoms with Crippen LogP contribution in [0.15, 0.2) is 72.9 Å². The number of hydrogen-bond acceptors (Lipinski definition) is 4. The maximum atomic E-state index is 13.4. The molecule has 0 radical (unpaired) electrons. The SMILES string of the molecule is CCCC(CN)c1ccc2cc(-c3ccnc(NC(=O)c4cccc(F)c4)c3)ccc2n1. The van der Waals surface area contributed by atoms with Gasteiger partial charge in [-0.3, -0.25) is 9.78 Å². The molecule has 4 aromatic rings. The molecule has 5 nitrogen and oxygen atoms in total. The molecule has 1 amide bonds. The number of carbonyl (C=O) groups excluding carboxylic acids is 1. The fraction of sp³-hybridized carbons (Fsp3) is 0.192. The summed E-state index contributed by atoms with van der Waals surface area (Å²) in [6, 6.07) is 19.4. The van der Waals surface area contributed by atoms with Crippen LogP contribution in [0.25, 0.3) is 22.0 Å². The zero-order valence-corrected chi connectivity index (χ0v) is 17.9. The third kappa shape index (κ3) is 4.81. The molecule has 4 rings (SSSR count). The van der Waals surface area contributed by atoms with Crippen LogP contribution in [0.1, 0.15) is 41.7 Å². The van der Waals surface area contributed by atoms with E-state index in [4.69, 9.17) is 10.7 Å². The zero-order valence-electron chi connectivity index (χ0n) is 17.9. The summed E-state index contributed by atoms with van der Waals surface area (Å²) < 4.78 is 13.4. The molecule has 162 valence electrons. The normalized spacial score (nSPS) is 12.0. The highest BCUT2D eigenvalue weighted by atomic mass is 19.1. The van der Waals surface area contributed by atoms with Crippen LogP contribution < -0.4 is 11.1 Å². The molecule has 0 bridgehead atoms. The number of nitrogens with two attached hydrogens (primary N) is 1. The predicted molar refractivity (Wildman–Crippen MR) is 126 cm³/mol. The summed E-state index contributed by atoms with van der Waals surface area (Å²) in [5, 5.41) is 3.76. The number of anilines is 1. The van der Waals surface area contributed by atoms with Crippen molar-refractivity contribution in [1.82, 2.24) is 9.97 Å². The van der Waals surface area contributed by atoms with Crippen molar-refractivity contribution < 1.29 is 9.18 Å². The lowest BCUT2D eigenvalue weighted by molar-refractivity contribution is 0.102. The van der Waals surface area contributed by atoms with Gasteiger partial charge in [0.25, 0.3) is 5.91 Å². The van der Waals surface area contributed by atoms with E-state index in [9.17, 15) is 9.18 Å². The highest BCUT2D eigenvalue weighted by molar-refractivity contribution is 6.04. The van der Waals surface area contributed by atoms with Crippen LogP contribution in [0.4, 0.5) is 10.2 Å². The van der Waals surface area contributed by atoms with E-state index in [0.29, 0.717) is 12.4 Å². The first-order valence-electron chi connectivity index (χ1n) is 10.7. The van der Waals surface area contributed by atoms with E-state index in [1.54, 1.807) is 18.3 Å². The van der Waals surface area contributed by atoms with Crippen molar-refractivity contribution in [2.45, 2.75) is 25.7 Å². The topological polar surface area (TPSA) is 80.9 Å². The van der Waals surface area contributed by atoms with Crippen LogP contribution in [0, 0.1) is 5.82 Å². The maximum absolute atomic E-state index is 13.4. The lowest BCUT2D eigenvalue weighted by Crippen LogP contribution is -2.13. The van der Waals surface area contributed by atoms with Crippen molar-refractivity contribution >= 4 is 22.6 Å². The van der Waals surface area contributed by atoms with E-state index in [1.165, 1.54) is 18.2 Å². The van der Waals surface area contributed by atoms with Crippen LogP contribution >= 0.6 is 0 Å². The van der Waals surface area contributed by atoms with Gasteiger partial charge in [0.15, 0.2) is 0 Å². The summed E-state index contributed by atoms with van der Waals surface area (Å²) in [5.74, 6) is -0.199. The summed E-state index contributed by atoms with van der Waals surface area (Å²) in [4.78, 5) is 21.5. The van der Waals surface area contributed by atoms with E-state index < -0.39 is 11.7 Å². The van der Waals surface area contributed by atoms with Gasteiger partial charge in [-0.1, -0.05) is 31.5 Å². The van der Waals surface area contributed by atoms with Crippen molar-refractivity contribution in [1.29, 1.82) is 0 Å². The molecule has 0 saturated carbocycles. The first-order chi connectivity index (χ1) is 15.6. The van der Waals surface area contributed by atoms with E-state index >= 15 is 0 Å². The van der Waals surface area contributed by atoms with Gasteiger partial charge in [-0.05, 0) is 66.1 Å². The van der Waals surface area contributed by atoms with Crippen LogP contribution in [0.3, 0.4) is 0 Å². The number of nitrogens with one attached hydrogen (secondary N) is 1. The Balaban J connectivity index is 1.58. The molecule has 1 atom stereocenters. The number of amides is 1. The number of nitrogens with zero attached hydrogens (tertiary/aromatic N) is 2. The molecule has 0 fully saturated rings. The number of benzene rings is 2. The third-order valence-electron chi connectivity index (χ3n) is 5.47. The summed E-state index contributed by atoms with van der Waals surface area (Å²) in [7, 11) is 0. The highest BCUT2D eigenvalue weighted by Crippen LogP contribution is 2.27. The molecule has 32 heavy (non-hydrogen) atoms. The lowest BCUT2D eigenvalue weighted by Gasteiger charge is -2.14. The minimum absolute atomic E-state index is 0.239. The molecule has 0 saturated heterocycles. The largest absolute Gasteiger partial charge is 0.330 e. The summed E-state index contributed by atoms with van der Waals surface area (Å²) in [6.07, 6.45) is 3.73. The van der Waals surface area contributed by atoms with Gasteiger partial charge in [-0.2, -0.15) is 0 Å². The van der Waals surface area contributed by atoms with Crippen LogP contribution in [0.5, 0.6) is 0 Å². The number of pyridine rings is 2. The molecule has 0 spiro atoms. The van der Waals surface area contributed by atoms with E-state index in [0.717, 1.165) is 40.6 Å². The zero-order chi connectivity index (χ0) is 22.5. The molecule has 0 aliphatic rings. The Bertz CT molecular complexity index is 1260. The van der Waals surface area contributed by atoms with Gasteiger partial charge in [-0.15, -0.1) is 0 Å². The second-order valence-corrected chi connectivity index (χ2v) is 7.76. The molecule has 2 aromatic carbocycles. The van der Waals surface area contributed by atoms with Gasteiger partial charge in [0.05, 0.1) is 5.52 Å². The van der Waals surface area contributed by atoms with Crippen LogP contribution in [0.2, 0.25) is 0 Å². The summed E-state index contributed by atoms with van der Waals surface area (Å²) >= 11 is 0. The van der Waals surface area contributed by atoms with Crippen LogP contribution in [-0.4, -0.2) is 22.4 Å². The monoisotopic (exact) mass is 428 g/mol. The van der Waals surface area contributed by atoms with E-state index in [-0.39, 0.29) is 11.5 Å². The van der Waals surface area contributed by atoms with Crippen molar-refractivity contribution in [2.24, 2.45) is 5.73 Å². The van der Waals surface area contributed by atoms with Gasteiger partial charge >= 0.3 is 0 Å². The van der Waals surface area contributed by atoms with Gasteiger partial charge in [-0.25, -0.2) is 9.37 Å². The number of hydrogen-bond donors (Lipinski definition) is 2. The highest BCUT2D eigenvalue weighted by Gasteiger charge is 2.12. The van der Waals surface area contributed by atoms with Gasteiger partial charge in [0.1, 0.15) is 11.6 Å². The Labute approximate surface area is 186 Å². The fourth-order valence-electron chi connectivity index (χ4n) is 3.78. The smallest absolute Gasteiger partial charge is 0.256 e. The predicted octanol–water partition coefficient (Wildman–Crippen LogP) is 5.53. The summed E-state index contributed by atoms with van der Waals surface area (Å²) in [5.41, 5.74) is 10.0. The third-order valence-corrected chi connectivity index (χ3v) is 5.47. The Hall–Kier alpha value is -3.64. The Morgan fingerprint density at radius 3 is 2.69 bits per heavy atom. The number of rotatable bonds is 7. The van der Waals surface area contributed by atoms with Crippen molar-refractivity contribution in [3.8, 4) is 11.1 Å². The first kappa shape index (κ1) is 21.6. The lowest BCUT2D eigenvalue weighted by atomic mass is 9.98. The Morgan fingerprint density at radius 2 is 1.91 bits per heavy atom. The molecular weight excluding hydrogens is 403 g/mol. The second kappa shape index (κ2) is 9.66. The number of aromatic nitrogens is 2. The average Bonchev–Trinajstić information content (AvgIpc) is 2.82. The molecule has 3 N–H and O–H groups in total. The summed E-state index contributed by atoms with van der Waals surface area (Å²) in [6.45, 7) is 2.74. The number of carbonyl (C=O) groups is 1. The number of fused-ring (bicyclic) bond motifs is 1. The fourth-order valence-corrected chi connectivity index (χ4v) is 3.78. The quantitative estimate of drug-likeness (QED) is 0.405. The Morgan fingerprint density at radius 1 is 1.06 bits per heavy atom. The van der Waals surface area contributed by atoms with E-state index in [2.05, 4.69) is 35.4 Å². The molecule has 2 heterocycles. The van der Waals surface area contributed by atoms with Crippen molar-refractivity contribution in [3.05, 3.63) is 90.0 Å². The molecule has 1 unspecified atom stereocenters. The second-order valence-electron chi connectivity index (χ2n) is 7.76. The standard InChI is InChI=1S/C26H25FN4O/c1-2-4-21(16-28)24-10-8-19-13-17(7-9-23(19)30-24)18-11-12-29-25(15-18)31-26(32)20-5-3-6-22(27)14-20/h3,5-15,21H,2,4,16,28H2,1H3,(H,29,31,32). The molecule has 6 heteroatoms. The van der Waals surface area contributed by atoms with Gasteiger partial charge in [0.2, 0.25) is 0 Å². The van der Waals surface area contributed by atoms with Gasteiger partial charge in [0, 0.05) is 35.3 Å². The average molecular weight is 429 g/mol. The van der Waals surface area contributed by atoms with E-state index in [1.807, 2.05) is 18.2 Å². The van der Waals surface area contributed by atoms with Gasteiger partial charge < -0.3 is 11.1 Å². The van der Waals surface area contributed by atoms with Crippen molar-refractivity contribution in [3.63, 3.8) is 0 Å². The first-order valence-corrected chi connectivity index (χ1v) is 10.7. The minimum Gasteiger partial charge on any atom is -0.330 e. The minimum atomic E-state index is -0.459. The molecule has 2 aromatic heterocycles. The van der Waals surface area contributed by atoms with Crippen molar-refractivity contribution in [2.75, 3.05) is 11.9 Å².